The van der Waals surface area contributed by atoms with Gasteiger partial charge in [0, 0.05) is 107 Å². The van der Waals surface area contributed by atoms with Gasteiger partial charge in [-0.1, -0.05) is 107 Å². The van der Waals surface area contributed by atoms with Crippen molar-refractivity contribution in [3.8, 4) is 74.6 Å². The molecule has 11 N–H and O–H groups in total. The van der Waals surface area contributed by atoms with E-state index in [0.29, 0.717) is 120 Å². The first kappa shape index (κ1) is 97.8. The van der Waals surface area contributed by atoms with E-state index in [9.17, 15) is 19.2 Å². The van der Waals surface area contributed by atoms with Crippen molar-refractivity contribution in [1.29, 1.82) is 0 Å². The third kappa shape index (κ3) is 31.0. The molecule has 3 aliphatic rings. The number of carboxylic acids is 1. The normalized spacial score (nSPS) is 12.4. The molecule has 674 valence electrons. The van der Waals surface area contributed by atoms with Gasteiger partial charge in [0.25, 0.3) is 0 Å². The smallest absolute Gasteiger partial charge is 0.313 e. The summed E-state index contributed by atoms with van der Waals surface area (Å²) in [6.45, 7) is 18.1. The highest BCUT2D eigenvalue weighted by Crippen LogP contribution is 2.31. The molecule has 0 saturated carbocycles. The number of pyridine rings is 4. The number of nitrogens with one attached hydrogen (secondary N) is 7. The van der Waals surface area contributed by atoms with Gasteiger partial charge in [0.05, 0.1) is 132 Å². The van der Waals surface area contributed by atoms with Crippen LogP contribution in [0.4, 0.5) is 5.82 Å². The van der Waals surface area contributed by atoms with Crippen LogP contribution >= 0.6 is 110 Å². The van der Waals surface area contributed by atoms with E-state index in [-0.39, 0.29) is 40.4 Å². The molecular formula is C80H82BrN29O12S8. The summed E-state index contributed by atoms with van der Waals surface area (Å²) in [7, 11) is 4.77. The van der Waals surface area contributed by atoms with E-state index in [2.05, 4.69) is 182 Å². The number of anilines is 1. The van der Waals surface area contributed by atoms with Crippen LogP contribution in [0.25, 0.3) is 79.0 Å². The maximum atomic E-state index is 11.0. The Bertz CT molecular complexity index is 6290. The fraction of sp³-hybridized carbons (Fsp3) is 0.237. The van der Waals surface area contributed by atoms with E-state index in [1.165, 1.54) is 96.1 Å². The summed E-state index contributed by atoms with van der Waals surface area (Å²) in [6, 6.07) is 27.0. The topological polar surface area (TPSA) is 568 Å². The number of hydrogen-bond donors (Lipinski definition) is 11. The quantitative estimate of drug-likeness (QED) is 0.0147. The number of ether oxygens (including phenoxy) is 4. The largest absolute Gasteiger partial charge is 0.512 e. The van der Waals surface area contributed by atoms with Crippen molar-refractivity contribution in [2.45, 2.75) is 59.4 Å². The summed E-state index contributed by atoms with van der Waals surface area (Å²) >= 11 is 13.8. The average molecular weight is 1980 g/mol. The Balaban J connectivity index is 0.000000147. The summed E-state index contributed by atoms with van der Waals surface area (Å²) in [5.41, 5.74) is 9.43. The van der Waals surface area contributed by atoms with E-state index in [4.69, 9.17) is 39.4 Å². The molecule has 0 spiro atoms. The maximum absolute atomic E-state index is 11.0. The van der Waals surface area contributed by atoms with Crippen molar-refractivity contribution in [3.63, 3.8) is 0 Å². The molecule has 12 aromatic heterocycles. The number of aliphatic hydroxyl groups is 3. The Kier molecular flexibility index (Phi) is 37.8. The highest BCUT2D eigenvalue weighted by Gasteiger charge is 2.22. The van der Waals surface area contributed by atoms with E-state index in [1.54, 1.807) is 76.6 Å². The lowest BCUT2D eigenvalue weighted by Crippen LogP contribution is -2.36. The Morgan fingerprint density at radius 2 is 1.05 bits per heavy atom. The van der Waals surface area contributed by atoms with Crippen LogP contribution in [0.15, 0.2) is 215 Å². The Morgan fingerprint density at radius 1 is 0.515 bits per heavy atom. The number of carboxylic acid groups (broad SMARTS) is 1. The van der Waals surface area contributed by atoms with Crippen LogP contribution in [0.1, 0.15) is 44.9 Å². The second kappa shape index (κ2) is 50.2. The lowest BCUT2D eigenvalue weighted by atomic mass is 10.1. The minimum Gasteiger partial charge on any atom is -0.512 e. The Hall–Kier alpha value is -12.8. The number of aromatic amines is 7. The number of fused-ring (bicyclic) bond motifs is 2. The van der Waals surface area contributed by atoms with E-state index in [1.807, 2.05) is 79.0 Å². The molecule has 0 radical (unpaired) electrons. The molecular weight excluding hydrogens is 1900 g/mol. The van der Waals surface area contributed by atoms with Crippen molar-refractivity contribution < 1.29 is 58.6 Å². The lowest BCUT2D eigenvalue weighted by Gasteiger charge is -2.27. The number of halogens is 1. The number of hydrogen-bond acceptors (Lipinski definition) is 41. The number of morpholine rings is 1. The van der Waals surface area contributed by atoms with E-state index < -0.39 is 5.97 Å². The second-order valence-corrected chi connectivity index (χ2v) is 34.9. The minimum atomic E-state index is -0.905. The second-order valence-electron chi connectivity index (χ2n) is 26.6. The number of nitrogens with zero attached hydrogens (tertiary/aromatic N) is 22. The highest BCUT2D eigenvalue weighted by molar-refractivity contribution is 9.10. The van der Waals surface area contributed by atoms with Crippen LogP contribution in [-0.4, -0.2) is 274 Å². The number of aromatic nitrogens is 24. The van der Waals surface area contributed by atoms with Crippen molar-refractivity contribution in [2.75, 3.05) is 92.8 Å². The molecule has 1 saturated heterocycles. The number of aliphatic carboxylic acids is 1. The molecule has 0 aliphatic carbocycles. The zero-order valence-corrected chi connectivity index (χ0v) is 78.1. The fourth-order valence-corrected chi connectivity index (χ4v) is 15.7. The molecule has 1 fully saturated rings. The SMILES string of the molecule is C=C(O)CSC1=NN=C(c2[nH]ncc2Br)C1.C=C(O)CSC1=NN=C(c2c[nH]c3cc(OC)ccc23)C1.C=C(O)CSc1n[nH]c(-c2csnn2)n1.CC(=O)CSc1n[nH]c(-c2ccc(N3CCOCC3)nc2)n1.CC(=O)CSc1n[nH]c(-c2ccc3ccccc3n2)n1.COc1ccc(-c2nc(SCC(=O)O)n[nH]2)cn1.COc1cncc(-c2nc(SCC(C)=O)n[nH]2)c1. The van der Waals surface area contributed by atoms with Crippen LogP contribution in [0.3, 0.4) is 0 Å². The molecule has 2 aromatic carbocycles. The Morgan fingerprint density at radius 3 is 1.57 bits per heavy atom. The average Bonchev–Trinajstić information content (AvgIpc) is 1.64. The van der Waals surface area contributed by atoms with Crippen LogP contribution in [-0.2, 0) is 23.9 Å². The number of para-hydroxylation sites is 1. The number of H-pyrrole nitrogens is 7. The van der Waals surface area contributed by atoms with Crippen LogP contribution in [0.5, 0.6) is 17.4 Å². The van der Waals surface area contributed by atoms with Crippen molar-refractivity contribution >= 4 is 182 Å². The summed E-state index contributed by atoms with van der Waals surface area (Å²) in [4.78, 5) is 87.0. The van der Waals surface area contributed by atoms with Gasteiger partial charge in [0.2, 0.25) is 31.7 Å². The molecule has 50 heteroatoms. The van der Waals surface area contributed by atoms with Gasteiger partial charge in [-0.05, 0) is 96.8 Å². The number of ketones is 3. The molecule has 3 aliphatic heterocycles. The molecule has 0 unspecified atom stereocenters. The monoisotopic (exact) mass is 1980 g/mol. The summed E-state index contributed by atoms with van der Waals surface area (Å²) in [5.74, 6) is 8.04. The molecule has 0 bridgehead atoms. The predicted octanol–water partition coefficient (Wildman–Crippen LogP) is 14.2. The summed E-state index contributed by atoms with van der Waals surface area (Å²) in [6.07, 6.45) is 11.6. The molecule has 0 atom stereocenters. The number of aliphatic hydroxyl groups excluding tert-OH is 3. The number of Topliss-reactive ketones (excluding diaryl/α,β-unsaturated/α-hetero) is 3. The Labute approximate surface area is 782 Å². The number of carbonyl (C=O) groups is 4. The first-order valence-electron chi connectivity index (χ1n) is 38.3. The number of methoxy groups -OCH3 is 3. The molecule has 15 heterocycles. The highest BCUT2D eigenvalue weighted by atomic mass is 79.9. The molecule has 14 aromatic rings. The standard InChI is InChI=1S/C15H15N3O2S.C14H17N5O2S.C14H12N4OS.C11H12N4O2S.C10H10N4O3S.C9H9BrN4OS.C7H7N5OS2/c1-9(19)8-21-15-6-14(17-18-15)12-7-16-13-5-10(20-2)3-4-11(12)13;1-10(20)9-22-14-16-13(17-18-14)11-2-3-12(15-8-11)19-4-6-21-7-5-19;1-9(19)8-20-14-16-13(17-18-14)12-7-6-10-4-2-3-5-11(10)15-12;1-7(16)6-18-11-13-10(14-15-11)8-3-9(17-2)5-12-4-8;1-17-7-3-2-6(4-11-7)9-12-10(14-13-9)18-5-8(15)16;1-5(15)4-16-8-2-7(12-13-8)9-6(10)3-11-14-9;1-4(13)2-14-7-8-6(10-11-7)5-3-15-12-9-5/h3-5,7,16,19H,1,6,8H2,2H3;2-3,8H,4-7,9H2,1H3,(H,16,17,18);2-7H,8H2,1H3,(H,16,17,18);3-5H,6H2,1-2H3,(H,13,14,15);2-4H,5H2,1H3,(H,15,16)(H,12,13,14);3,15H,1-2,4H2,(H,11,14);3,13H,1-2H2,(H,8,10,11). The van der Waals surface area contributed by atoms with Crippen molar-refractivity contribution in [1.82, 2.24) is 121 Å². The van der Waals surface area contributed by atoms with E-state index in [0.717, 1.165) is 131 Å². The van der Waals surface area contributed by atoms with Crippen LogP contribution < -0.4 is 19.1 Å². The number of thioether (sulfide) groups is 7. The first-order valence-corrected chi connectivity index (χ1v) is 46.8. The lowest BCUT2D eigenvalue weighted by molar-refractivity contribution is -0.134. The van der Waals surface area contributed by atoms with Crippen LogP contribution in [0.2, 0.25) is 0 Å². The molecule has 41 nitrogen and oxygen atoms in total. The fourth-order valence-electron chi connectivity index (χ4n) is 10.6. The summed E-state index contributed by atoms with van der Waals surface area (Å²) in [5, 5.41) is 105. The third-order valence-electron chi connectivity index (χ3n) is 16.6. The van der Waals surface area contributed by atoms with Gasteiger partial charge in [-0.2, -0.15) is 25.3 Å². The molecule has 130 heavy (non-hydrogen) atoms. The zero-order chi connectivity index (χ0) is 92.3. The van der Waals surface area contributed by atoms with Crippen molar-refractivity contribution in [3.05, 3.63) is 180 Å². The minimum absolute atomic E-state index is 0.0713. The predicted molar refractivity (Wildman–Crippen MR) is 509 cm³/mol. The maximum Gasteiger partial charge on any atom is 0.313 e. The van der Waals surface area contributed by atoms with Gasteiger partial charge >= 0.3 is 5.97 Å². The van der Waals surface area contributed by atoms with Gasteiger partial charge < -0.3 is 49.3 Å². The number of rotatable bonds is 30. The molecule has 17 rings (SSSR count). The summed E-state index contributed by atoms with van der Waals surface area (Å²) < 4.78 is 25.2. The first-order chi connectivity index (χ1) is 62.9. The van der Waals surface area contributed by atoms with Gasteiger partial charge in [-0.3, -0.25) is 54.8 Å². The molecule has 0 amide bonds. The third-order valence-corrected chi connectivity index (χ3v) is 24.5. The van der Waals surface area contributed by atoms with Gasteiger partial charge in [-0.15, -0.1) is 64.3 Å². The number of benzene rings is 2. The van der Waals surface area contributed by atoms with Gasteiger partial charge in [0.1, 0.15) is 56.1 Å². The van der Waals surface area contributed by atoms with Crippen molar-refractivity contribution in [2.24, 2.45) is 20.4 Å². The van der Waals surface area contributed by atoms with E-state index >= 15 is 0 Å². The zero-order valence-electron chi connectivity index (χ0n) is 70.0. The van der Waals surface area contributed by atoms with Crippen LogP contribution in [0, 0.1) is 0 Å². The van der Waals surface area contributed by atoms with Gasteiger partial charge in [0.15, 0.2) is 29.1 Å². The van der Waals surface area contributed by atoms with Gasteiger partial charge in [-0.25, -0.2) is 29.9 Å². The number of carbonyl (C=O) groups excluding carboxylic acids is 3.